The van der Waals surface area contributed by atoms with E-state index in [0.29, 0.717) is 26.2 Å². The molecule has 1 heterocycles. The Morgan fingerprint density at radius 2 is 2.00 bits per heavy atom. The van der Waals surface area contributed by atoms with Crippen molar-refractivity contribution in [2.75, 3.05) is 5.32 Å². The van der Waals surface area contributed by atoms with Crippen molar-refractivity contribution >= 4 is 50.1 Å². The fraction of sp³-hybridized carbons (Fsp3) is 0.0588. The second-order valence-electron chi connectivity index (χ2n) is 5.08. The normalized spacial score (nSPS) is 10.7. The number of benzene rings is 2. The van der Waals surface area contributed by atoms with Gasteiger partial charge in [0.1, 0.15) is 5.56 Å². The van der Waals surface area contributed by atoms with Crippen LogP contribution in [0.25, 0.3) is 11.0 Å². The molecule has 4 nitrogen and oxygen atoms in total. The zero-order valence-electron chi connectivity index (χ0n) is 12.0. The molecule has 0 fully saturated rings. The van der Waals surface area contributed by atoms with E-state index in [4.69, 9.17) is 16.0 Å². The third kappa shape index (κ3) is 3.30. The van der Waals surface area contributed by atoms with Gasteiger partial charge in [-0.1, -0.05) is 23.7 Å². The van der Waals surface area contributed by atoms with Crippen LogP contribution < -0.4 is 10.9 Å². The van der Waals surface area contributed by atoms with Crippen LogP contribution in [0.15, 0.2) is 56.1 Å². The lowest BCUT2D eigenvalue weighted by Gasteiger charge is -2.07. The van der Waals surface area contributed by atoms with Crippen molar-refractivity contribution in [2.24, 2.45) is 0 Å². The van der Waals surface area contributed by atoms with Crippen molar-refractivity contribution in [1.82, 2.24) is 0 Å². The molecule has 1 aromatic heterocycles. The van der Waals surface area contributed by atoms with Gasteiger partial charge in [-0.25, -0.2) is 4.79 Å². The average Bonchev–Trinajstić information content (AvgIpc) is 2.47. The zero-order chi connectivity index (χ0) is 16.6. The largest absolute Gasteiger partial charge is 0.421 e. The molecular formula is C17H11BrClNO3. The molecule has 0 aliphatic rings. The van der Waals surface area contributed by atoms with Crippen LogP contribution >= 0.6 is 27.5 Å². The summed E-state index contributed by atoms with van der Waals surface area (Å²) in [6.45, 7) is 1.92. The highest BCUT2D eigenvalue weighted by Crippen LogP contribution is 2.27. The van der Waals surface area contributed by atoms with Crippen LogP contribution in [0.5, 0.6) is 0 Å². The number of aryl methyl sites for hydroxylation is 1. The first-order valence-corrected chi connectivity index (χ1v) is 7.92. The maximum absolute atomic E-state index is 12.3. The fourth-order valence-electron chi connectivity index (χ4n) is 2.24. The number of hydrogen-bond acceptors (Lipinski definition) is 3. The van der Waals surface area contributed by atoms with Gasteiger partial charge in [0, 0.05) is 16.1 Å². The molecule has 23 heavy (non-hydrogen) atoms. The van der Waals surface area contributed by atoms with E-state index in [9.17, 15) is 9.59 Å². The minimum absolute atomic E-state index is 0.0758. The third-order valence-electron chi connectivity index (χ3n) is 3.27. The Morgan fingerprint density at radius 3 is 2.74 bits per heavy atom. The zero-order valence-corrected chi connectivity index (χ0v) is 14.4. The van der Waals surface area contributed by atoms with E-state index in [1.165, 1.54) is 6.07 Å². The van der Waals surface area contributed by atoms with Crippen molar-refractivity contribution in [3.8, 4) is 0 Å². The lowest BCUT2D eigenvalue weighted by atomic mass is 10.1. The Hall–Kier alpha value is -2.11. The van der Waals surface area contributed by atoms with E-state index in [-0.39, 0.29) is 5.56 Å². The predicted octanol–water partition coefficient (Wildman–Crippen LogP) is 4.77. The van der Waals surface area contributed by atoms with Crippen LogP contribution in [-0.4, -0.2) is 5.91 Å². The lowest BCUT2D eigenvalue weighted by Crippen LogP contribution is -2.20. The Labute approximate surface area is 145 Å². The number of halogens is 2. The molecule has 2 aromatic carbocycles. The molecule has 0 aliphatic heterocycles. The summed E-state index contributed by atoms with van der Waals surface area (Å²) in [5.74, 6) is -0.526. The third-order valence-corrected chi connectivity index (χ3v) is 4.08. The standard InChI is InChI=1S/C17H11BrClNO3/c1-9-3-2-4-12(5-9)20-16(21)13-7-10-6-11(19)8-14(18)15(10)23-17(13)22/h2-8H,1H3,(H,20,21). The summed E-state index contributed by atoms with van der Waals surface area (Å²) in [6.07, 6.45) is 0. The topological polar surface area (TPSA) is 59.3 Å². The summed E-state index contributed by atoms with van der Waals surface area (Å²) in [4.78, 5) is 24.4. The van der Waals surface area contributed by atoms with Crippen molar-refractivity contribution in [1.29, 1.82) is 0 Å². The van der Waals surface area contributed by atoms with Gasteiger partial charge in [-0.3, -0.25) is 4.79 Å². The second-order valence-corrected chi connectivity index (χ2v) is 6.37. The minimum atomic E-state index is -0.703. The van der Waals surface area contributed by atoms with Gasteiger partial charge in [0.05, 0.1) is 4.47 Å². The first-order chi connectivity index (χ1) is 10.9. The number of rotatable bonds is 2. The van der Waals surface area contributed by atoms with Crippen LogP contribution in [0.1, 0.15) is 15.9 Å². The van der Waals surface area contributed by atoms with E-state index >= 15 is 0 Å². The smallest absolute Gasteiger partial charge is 0.349 e. The van der Waals surface area contributed by atoms with Crippen molar-refractivity contribution in [3.05, 3.63) is 73.5 Å². The fourth-order valence-corrected chi connectivity index (χ4v) is 3.15. The van der Waals surface area contributed by atoms with E-state index in [1.54, 1.807) is 18.2 Å². The molecular weight excluding hydrogens is 382 g/mol. The number of nitrogens with one attached hydrogen (secondary N) is 1. The van der Waals surface area contributed by atoms with Crippen LogP contribution in [0.3, 0.4) is 0 Å². The van der Waals surface area contributed by atoms with Gasteiger partial charge in [0.15, 0.2) is 5.58 Å². The van der Waals surface area contributed by atoms with E-state index in [1.807, 2.05) is 25.1 Å². The van der Waals surface area contributed by atoms with E-state index in [2.05, 4.69) is 21.2 Å². The van der Waals surface area contributed by atoms with Gasteiger partial charge in [0.25, 0.3) is 5.91 Å². The quantitative estimate of drug-likeness (QED) is 0.639. The number of amides is 1. The number of anilines is 1. The number of fused-ring (bicyclic) bond motifs is 1. The summed E-state index contributed by atoms with van der Waals surface area (Å²) in [6, 6.07) is 12.0. The minimum Gasteiger partial charge on any atom is -0.421 e. The average molecular weight is 393 g/mol. The van der Waals surface area contributed by atoms with Crippen LogP contribution in [0.4, 0.5) is 5.69 Å². The summed E-state index contributed by atoms with van der Waals surface area (Å²) in [5, 5.41) is 3.73. The SMILES string of the molecule is Cc1cccc(NC(=O)c2cc3cc(Cl)cc(Br)c3oc2=O)c1. The van der Waals surface area contributed by atoms with Gasteiger partial charge >= 0.3 is 5.63 Å². The number of carbonyl (C=O) groups excluding carboxylic acids is 1. The highest BCUT2D eigenvalue weighted by atomic mass is 79.9. The molecule has 0 saturated carbocycles. The molecule has 3 aromatic rings. The Bertz CT molecular complexity index is 981. The Morgan fingerprint density at radius 1 is 1.22 bits per heavy atom. The summed E-state index contributed by atoms with van der Waals surface area (Å²) >= 11 is 9.28. The maximum atomic E-state index is 12.3. The summed E-state index contributed by atoms with van der Waals surface area (Å²) in [7, 11) is 0. The van der Waals surface area contributed by atoms with Crippen LogP contribution in [0, 0.1) is 6.92 Å². The van der Waals surface area contributed by atoms with Gasteiger partial charge in [-0.05, 0) is 58.7 Å². The molecule has 0 spiro atoms. The summed E-state index contributed by atoms with van der Waals surface area (Å²) in [5.41, 5.74) is 1.19. The Balaban J connectivity index is 2.03. The van der Waals surface area contributed by atoms with Crippen LogP contribution in [0.2, 0.25) is 5.02 Å². The number of carbonyl (C=O) groups is 1. The molecule has 0 atom stereocenters. The van der Waals surface area contributed by atoms with Crippen molar-refractivity contribution in [2.45, 2.75) is 6.92 Å². The molecule has 116 valence electrons. The first-order valence-electron chi connectivity index (χ1n) is 6.75. The Kier molecular flexibility index (Phi) is 4.24. The maximum Gasteiger partial charge on any atom is 0.349 e. The molecule has 0 unspecified atom stereocenters. The molecule has 3 rings (SSSR count). The summed E-state index contributed by atoms with van der Waals surface area (Å²) < 4.78 is 5.80. The van der Waals surface area contributed by atoms with Gasteiger partial charge in [-0.15, -0.1) is 0 Å². The van der Waals surface area contributed by atoms with E-state index < -0.39 is 11.5 Å². The molecule has 1 amide bonds. The van der Waals surface area contributed by atoms with Crippen molar-refractivity contribution < 1.29 is 9.21 Å². The second kappa shape index (κ2) is 6.18. The highest BCUT2D eigenvalue weighted by molar-refractivity contribution is 9.10. The molecule has 1 N–H and O–H groups in total. The molecule has 0 radical (unpaired) electrons. The highest BCUT2D eigenvalue weighted by Gasteiger charge is 2.15. The molecule has 0 aliphatic carbocycles. The monoisotopic (exact) mass is 391 g/mol. The van der Waals surface area contributed by atoms with Crippen LogP contribution in [-0.2, 0) is 0 Å². The first kappa shape index (κ1) is 15.8. The molecule has 6 heteroatoms. The molecule has 0 saturated heterocycles. The van der Waals surface area contributed by atoms with Gasteiger partial charge in [-0.2, -0.15) is 0 Å². The van der Waals surface area contributed by atoms with Gasteiger partial charge < -0.3 is 9.73 Å². The molecule has 0 bridgehead atoms. The van der Waals surface area contributed by atoms with Crippen molar-refractivity contribution in [3.63, 3.8) is 0 Å². The lowest BCUT2D eigenvalue weighted by molar-refractivity contribution is 0.102. The number of hydrogen-bond donors (Lipinski definition) is 1. The van der Waals surface area contributed by atoms with E-state index in [0.717, 1.165) is 5.56 Å². The van der Waals surface area contributed by atoms with Gasteiger partial charge in [0.2, 0.25) is 0 Å². The predicted molar refractivity (Wildman–Crippen MR) is 94.3 cm³/mol.